The molecule has 2 aliphatic rings. The van der Waals surface area contributed by atoms with Crippen LogP contribution in [0.25, 0.3) is 0 Å². The van der Waals surface area contributed by atoms with Gasteiger partial charge in [0.15, 0.2) is 11.6 Å². The van der Waals surface area contributed by atoms with E-state index in [0.29, 0.717) is 17.3 Å². The number of hydrazone groups is 1. The van der Waals surface area contributed by atoms with Crippen molar-refractivity contribution in [1.29, 1.82) is 0 Å². The monoisotopic (exact) mass is 248 g/mol. The highest BCUT2D eigenvalue weighted by Gasteiger charge is 2.30. The molecule has 8 nitrogen and oxygen atoms in total. The topological polar surface area (TPSA) is 97.1 Å². The Bertz CT molecular complexity index is 583. The van der Waals surface area contributed by atoms with E-state index < -0.39 is 4.92 Å². The minimum Gasteiger partial charge on any atom is -0.483 e. The number of rotatable bonds is 1. The van der Waals surface area contributed by atoms with Gasteiger partial charge in [-0.15, -0.1) is 0 Å². The van der Waals surface area contributed by atoms with Gasteiger partial charge in [-0.3, -0.25) is 14.9 Å². The summed E-state index contributed by atoms with van der Waals surface area (Å²) in [6.45, 7) is 0.307. The summed E-state index contributed by atoms with van der Waals surface area (Å²) >= 11 is 0. The standard InChI is InChI=1S/C10H8N4O4/c15-10-4-13-7-2-1-6(14(16)17)3-8(7)18-5-9(13)11-12-10/h1-3H,4-5H2,(H,12,15). The van der Waals surface area contributed by atoms with E-state index >= 15 is 0 Å². The zero-order valence-corrected chi connectivity index (χ0v) is 9.12. The molecule has 0 saturated heterocycles. The van der Waals surface area contributed by atoms with Crippen molar-refractivity contribution in [1.82, 2.24) is 5.43 Å². The molecular weight excluding hydrogens is 240 g/mol. The molecule has 2 aliphatic heterocycles. The van der Waals surface area contributed by atoms with E-state index in [-0.39, 0.29) is 24.7 Å². The Kier molecular flexibility index (Phi) is 2.15. The van der Waals surface area contributed by atoms with Crippen molar-refractivity contribution in [2.45, 2.75) is 0 Å². The van der Waals surface area contributed by atoms with Crippen LogP contribution in [0, 0.1) is 10.1 Å². The molecule has 0 saturated carbocycles. The van der Waals surface area contributed by atoms with Gasteiger partial charge in [0.2, 0.25) is 0 Å². The van der Waals surface area contributed by atoms with Gasteiger partial charge in [-0.1, -0.05) is 0 Å². The van der Waals surface area contributed by atoms with Gasteiger partial charge < -0.3 is 9.64 Å². The van der Waals surface area contributed by atoms with E-state index in [9.17, 15) is 14.9 Å². The smallest absolute Gasteiger partial charge is 0.273 e. The highest BCUT2D eigenvalue weighted by atomic mass is 16.6. The highest BCUT2D eigenvalue weighted by molar-refractivity contribution is 6.07. The van der Waals surface area contributed by atoms with Gasteiger partial charge in [-0.05, 0) is 6.07 Å². The zero-order valence-electron chi connectivity index (χ0n) is 9.12. The number of benzene rings is 1. The molecule has 1 N–H and O–H groups in total. The van der Waals surface area contributed by atoms with Gasteiger partial charge in [-0.2, -0.15) is 5.10 Å². The third-order valence-corrected chi connectivity index (χ3v) is 2.72. The number of anilines is 1. The van der Waals surface area contributed by atoms with Crippen molar-refractivity contribution < 1.29 is 14.5 Å². The molecule has 0 spiro atoms. The number of amides is 1. The van der Waals surface area contributed by atoms with Gasteiger partial charge in [0.1, 0.15) is 13.2 Å². The van der Waals surface area contributed by atoms with Crippen molar-refractivity contribution in [3.05, 3.63) is 28.3 Å². The number of nitro benzene ring substituents is 1. The Hall–Kier alpha value is -2.64. The molecule has 0 unspecified atom stereocenters. The fourth-order valence-corrected chi connectivity index (χ4v) is 1.89. The molecule has 1 amide bonds. The van der Waals surface area contributed by atoms with E-state index in [1.165, 1.54) is 12.1 Å². The number of amidine groups is 1. The van der Waals surface area contributed by atoms with Crippen molar-refractivity contribution in [2.24, 2.45) is 5.10 Å². The molecule has 0 aliphatic carbocycles. The normalized spacial score (nSPS) is 17.0. The first-order chi connectivity index (χ1) is 8.65. The molecule has 8 heteroatoms. The number of nitrogens with one attached hydrogen (secondary N) is 1. The number of fused-ring (bicyclic) bond motifs is 3. The van der Waals surface area contributed by atoms with Crippen LogP contribution in [-0.4, -0.2) is 29.8 Å². The second-order valence-electron chi connectivity index (χ2n) is 3.85. The van der Waals surface area contributed by atoms with Crippen LogP contribution in [0.15, 0.2) is 23.3 Å². The summed E-state index contributed by atoms with van der Waals surface area (Å²) < 4.78 is 5.39. The van der Waals surface area contributed by atoms with Crippen molar-refractivity contribution in [3.8, 4) is 5.75 Å². The molecule has 92 valence electrons. The molecular formula is C10H8N4O4. The molecule has 0 fully saturated rings. The van der Waals surface area contributed by atoms with Gasteiger partial charge in [0.25, 0.3) is 11.6 Å². The van der Waals surface area contributed by atoms with Crippen molar-refractivity contribution in [3.63, 3.8) is 0 Å². The molecule has 0 radical (unpaired) electrons. The van der Waals surface area contributed by atoms with E-state index in [1.54, 1.807) is 11.0 Å². The summed E-state index contributed by atoms with van der Waals surface area (Å²) in [5.74, 6) is 0.735. The number of hydrogen-bond donors (Lipinski definition) is 1. The van der Waals surface area contributed by atoms with Gasteiger partial charge in [0.05, 0.1) is 16.7 Å². The predicted molar refractivity (Wildman–Crippen MR) is 61.5 cm³/mol. The quantitative estimate of drug-likeness (QED) is 0.567. The van der Waals surface area contributed by atoms with E-state index in [4.69, 9.17) is 4.74 Å². The third-order valence-electron chi connectivity index (χ3n) is 2.72. The number of carbonyl (C=O) groups excluding carboxylic acids is 1. The number of ether oxygens (including phenoxy) is 1. The molecule has 1 aromatic rings. The number of carbonyl (C=O) groups is 1. The minimum absolute atomic E-state index is 0.0457. The largest absolute Gasteiger partial charge is 0.483 e. The van der Waals surface area contributed by atoms with Crippen LogP contribution in [0.5, 0.6) is 5.75 Å². The Morgan fingerprint density at radius 1 is 1.50 bits per heavy atom. The molecule has 1 aromatic carbocycles. The molecule has 0 atom stereocenters. The maximum absolute atomic E-state index is 11.3. The van der Waals surface area contributed by atoms with Gasteiger partial charge in [-0.25, -0.2) is 5.43 Å². The highest BCUT2D eigenvalue weighted by Crippen LogP contribution is 2.35. The van der Waals surface area contributed by atoms with Gasteiger partial charge in [0, 0.05) is 6.07 Å². The molecule has 0 bridgehead atoms. The summed E-state index contributed by atoms with van der Waals surface area (Å²) in [7, 11) is 0. The van der Waals surface area contributed by atoms with Crippen LogP contribution in [0.1, 0.15) is 0 Å². The molecule has 3 rings (SSSR count). The maximum Gasteiger partial charge on any atom is 0.273 e. The molecule has 2 heterocycles. The lowest BCUT2D eigenvalue weighted by Gasteiger charge is -2.33. The third kappa shape index (κ3) is 1.54. The SMILES string of the molecule is O=C1CN2C(=NN1)COc1cc([N+](=O)[O-])ccc12. The Morgan fingerprint density at radius 2 is 2.33 bits per heavy atom. The van der Waals surface area contributed by atoms with E-state index in [2.05, 4.69) is 10.5 Å². The second-order valence-corrected chi connectivity index (χ2v) is 3.85. The van der Waals surface area contributed by atoms with Crippen molar-refractivity contribution in [2.75, 3.05) is 18.1 Å². The molecule has 0 aromatic heterocycles. The van der Waals surface area contributed by atoms with E-state index in [0.717, 1.165) is 0 Å². The minimum atomic E-state index is -0.490. The maximum atomic E-state index is 11.3. The van der Waals surface area contributed by atoms with Crippen molar-refractivity contribution >= 4 is 23.1 Å². The average Bonchev–Trinajstić information content (AvgIpc) is 2.37. The van der Waals surface area contributed by atoms with Crippen LogP contribution in [-0.2, 0) is 4.79 Å². The number of non-ortho nitro benzene ring substituents is 1. The first-order valence-electron chi connectivity index (χ1n) is 5.19. The summed E-state index contributed by atoms with van der Waals surface area (Å²) in [5, 5.41) is 14.5. The summed E-state index contributed by atoms with van der Waals surface area (Å²) in [6, 6.07) is 4.27. The fourth-order valence-electron chi connectivity index (χ4n) is 1.89. The average molecular weight is 248 g/mol. The van der Waals surface area contributed by atoms with Crippen LogP contribution < -0.4 is 15.1 Å². The summed E-state index contributed by atoms with van der Waals surface area (Å²) in [5.41, 5.74) is 2.93. The zero-order chi connectivity index (χ0) is 12.7. The van der Waals surface area contributed by atoms with E-state index in [1.807, 2.05) is 0 Å². The lowest BCUT2D eigenvalue weighted by molar-refractivity contribution is -0.384. The first-order valence-corrected chi connectivity index (χ1v) is 5.19. The van der Waals surface area contributed by atoms with Gasteiger partial charge >= 0.3 is 0 Å². The second kappa shape index (κ2) is 3.69. The number of nitrogens with zero attached hydrogens (tertiary/aromatic N) is 3. The summed E-state index contributed by atoms with van der Waals surface area (Å²) in [6.07, 6.45) is 0. The lowest BCUT2D eigenvalue weighted by atomic mass is 10.2. The van der Waals surface area contributed by atoms with Crippen LogP contribution in [0.4, 0.5) is 11.4 Å². The Labute approximate surface area is 101 Å². The first kappa shape index (κ1) is 10.5. The number of hydrogen-bond acceptors (Lipinski definition) is 6. The fraction of sp³-hybridized carbons (Fsp3) is 0.200. The summed E-state index contributed by atoms with van der Waals surface area (Å²) in [4.78, 5) is 23.2. The van der Waals surface area contributed by atoms with Crippen LogP contribution >= 0.6 is 0 Å². The lowest BCUT2D eigenvalue weighted by Crippen LogP contribution is -2.49. The Morgan fingerprint density at radius 3 is 3.11 bits per heavy atom. The predicted octanol–water partition coefficient (Wildman–Crippen LogP) is 0.237. The molecule has 18 heavy (non-hydrogen) atoms. The Balaban J connectivity index is 2.05. The van der Waals surface area contributed by atoms with Crippen LogP contribution in [0.2, 0.25) is 0 Å². The van der Waals surface area contributed by atoms with Crippen LogP contribution in [0.3, 0.4) is 0 Å². The number of nitro groups is 1.